The molecule has 1 rings (SSSR count). The summed E-state index contributed by atoms with van der Waals surface area (Å²) in [6.07, 6.45) is 1.53. The van der Waals surface area contributed by atoms with Crippen LogP contribution in [0.4, 0.5) is 0 Å². The van der Waals surface area contributed by atoms with E-state index in [2.05, 4.69) is 59.5 Å². The van der Waals surface area contributed by atoms with E-state index in [0.29, 0.717) is 24.9 Å². The van der Waals surface area contributed by atoms with Gasteiger partial charge in [-0.15, -0.1) is 0 Å². The Morgan fingerprint density at radius 3 is 2.70 bits per heavy atom. The van der Waals surface area contributed by atoms with Crippen molar-refractivity contribution in [1.82, 2.24) is 10.6 Å². The first-order chi connectivity index (χ1) is 9.52. The standard InChI is InChI=1S/C16H25BrN2O/c1-4-15(13-6-5-7-14(17)10-13)18-9-8-16(20)19-11-12(2)3/h5-7,10,12,15,18H,4,8-9,11H2,1-3H3,(H,19,20). The van der Waals surface area contributed by atoms with E-state index in [1.54, 1.807) is 0 Å². The van der Waals surface area contributed by atoms with Gasteiger partial charge in [0.05, 0.1) is 0 Å². The highest BCUT2D eigenvalue weighted by Gasteiger charge is 2.09. The average Bonchev–Trinajstić information content (AvgIpc) is 2.41. The molecule has 1 unspecified atom stereocenters. The Morgan fingerprint density at radius 2 is 2.10 bits per heavy atom. The molecule has 0 aromatic heterocycles. The molecule has 0 aliphatic carbocycles. The van der Waals surface area contributed by atoms with Gasteiger partial charge in [0.2, 0.25) is 5.91 Å². The monoisotopic (exact) mass is 340 g/mol. The predicted octanol–water partition coefficient (Wildman–Crippen LogP) is 3.65. The van der Waals surface area contributed by atoms with E-state index in [9.17, 15) is 4.79 Å². The van der Waals surface area contributed by atoms with Crippen LogP contribution in [-0.4, -0.2) is 19.0 Å². The van der Waals surface area contributed by atoms with Gasteiger partial charge in [-0.1, -0.05) is 48.8 Å². The molecule has 0 aliphatic rings. The molecule has 0 aliphatic heterocycles. The van der Waals surface area contributed by atoms with Crippen LogP contribution < -0.4 is 10.6 Å². The van der Waals surface area contributed by atoms with Gasteiger partial charge in [0.1, 0.15) is 0 Å². The lowest BCUT2D eigenvalue weighted by Crippen LogP contribution is -2.31. The molecule has 4 heteroatoms. The highest BCUT2D eigenvalue weighted by Crippen LogP contribution is 2.20. The number of carbonyl (C=O) groups excluding carboxylic acids is 1. The lowest BCUT2D eigenvalue weighted by atomic mass is 10.0. The SMILES string of the molecule is CCC(NCCC(=O)NCC(C)C)c1cccc(Br)c1. The summed E-state index contributed by atoms with van der Waals surface area (Å²) in [5.74, 6) is 0.618. The van der Waals surface area contributed by atoms with Crippen molar-refractivity contribution in [2.45, 2.75) is 39.7 Å². The van der Waals surface area contributed by atoms with E-state index >= 15 is 0 Å². The summed E-state index contributed by atoms with van der Waals surface area (Å²) in [6, 6.07) is 8.60. The molecule has 1 aromatic rings. The van der Waals surface area contributed by atoms with Crippen molar-refractivity contribution in [1.29, 1.82) is 0 Å². The highest BCUT2D eigenvalue weighted by molar-refractivity contribution is 9.10. The summed E-state index contributed by atoms with van der Waals surface area (Å²) >= 11 is 3.49. The Labute approximate surface area is 130 Å². The van der Waals surface area contributed by atoms with E-state index < -0.39 is 0 Å². The third-order valence-electron chi connectivity index (χ3n) is 3.11. The lowest BCUT2D eigenvalue weighted by Gasteiger charge is -2.17. The minimum Gasteiger partial charge on any atom is -0.356 e. The molecule has 1 amide bonds. The molecule has 0 fully saturated rings. The van der Waals surface area contributed by atoms with Crippen LogP contribution >= 0.6 is 15.9 Å². The van der Waals surface area contributed by atoms with E-state index in [-0.39, 0.29) is 5.91 Å². The van der Waals surface area contributed by atoms with Gasteiger partial charge in [-0.2, -0.15) is 0 Å². The van der Waals surface area contributed by atoms with E-state index in [1.807, 2.05) is 12.1 Å². The quantitative estimate of drug-likeness (QED) is 0.758. The molecule has 112 valence electrons. The van der Waals surface area contributed by atoms with Gasteiger partial charge in [-0.25, -0.2) is 0 Å². The summed E-state index contributed by atoms with van der Waals surface area (Å²) in [6.45, 7) is 7.80. The largest absolute Gasteiger partial charge is 0.356 e. The zero-order chi connectivity index (χ0) is 15.0. The molecular formula is C16H25BrN2O. The van der Waals surface area contributed by atoms with Gasteiger partial charge in [-0.05, 0) is 30.0 Å². The van der Waals surface area contributed by atoms with Crippen LogP contribution in [0.3, 0.4) is 0 Å². The summed E-state index contributed by atoms with van der Waals surface area (Å²) in [5.41, 5.74) is 1.25. The summed E-state index contributed by atoms with van der Waals surface area (Å²) in [5, 5.41) is 6.39. The van der Waals surface area contributed by atoms with Gasteiger partial charge in [0, 0.05) is 30.0 Å². The molecule has 0 heterocycles. The second kappa shape index (κ2) is 9.14. The molecule has 20 heavy (non-hydrogen) atoms. The van der Waals surface area contributed by atoms with Gasteiger partial charge < -0.3 is 10.6 Å². The Balaban J connectivity index is 2.37. The first-order valence-electron chi connectivity index (χ1n) is 7.28. The van der Waals surface area contributed by atoms with Crippen molar-refractivity contribution in [2.75, 3.05) is 13.1 Å². The number of benzene rings is 1. The lowest BCUT2D eigenvalue weighted by molar-refractivity contribution is -0.121. The van der Waals surface area contributed by atoms with E-state index in [1.165, 1.54) is 5.56 Å². The Hall–Kier alpha value is -0.870. The molecular weight excluding hydrogens is 316 g/mol. The van der Waals surface area contributed by atoms with Crippen LogP contribution in [0.15, 0.2) is 28.7 Å². The fourth-order valence-electron chi connectivity index (χ4n) is 1.99. The second-order valence-electron chi connectivity index (χ2n) is 5.42. The Kier molecular flexibility index (Phi) is 7.85. The van der Waals surface area contributed by atoms with Gasteiger partial charge in [0.15, 0.2) is 0 Å². The minimum atomic E-state index is 0.121. The third kappa shape index (κ3) is 6.53. The summed E-state index contributed by atoms with van der Waals surface area (Å²) < 4.78 is 1.09. The number of nitrogens with one attached hydrogen (secondary N) is 2. The highest BCUT2D eigenvalue weighted by atomic mass is 79.9. The van der Waals surface area contributed by atoms with Crippen molar-refractivity contribution in [3.05, 3.63) is 34.3 Å². The number of hydrogen-bond donors (Lipinski definition) is 2. The first kappa shape index (κ1) is 17.2. The normalized spacial score (nSPS) is 12.4. The maximum atomic E-state index is 11.6. The smallest absolute Gasteiger partial charge is 0.221 e. The molecule has 1 atom stereocenters. The van der Waals surface area contributed by atoms with Crippen LogP contribution in [0.25, 0.3) is 0 Å². The van der Waals surface area contributed by atoms with Crippen molar-refractivity contribution in [3.8, 4) is 0 Å². The first-order valence-corrected chi connectivity index (χ1v) is 8.07. The number of hydrogen-bond acceptors (Lipinski definition) is 2. The zero-order valence-corrected chi connectivity index (χ0v) is 14.2. The number of halogens is 1. The van der Waals surface area contributed by atoms with Gasteiger partial charge in [-0.3, -0.25) is 4.79 Å². The summed E-state index contributed by atoms with van der Waals surface area (Å²) in [4.78, 5) is 11.6. The molecule has 0 bridgehead atoms. The molecule has 0 spiro atoms. The predicted molar refractivity (Wildman–Crippen MR) is 87.6 cm³/mol. The van der Waals surface area contributed by atoms with Crippen LogP contribution in [0.1, 0.15) is 45.2 Å². The number of amides is 1. The molecule has 0 radical (unpaired) electrons. The Bertz CT molecular complexity index is 421. The van der Waals surface area contributed by atoms with Gasteiger partial charge >= 0.3 is 0 Å². The van der Waals surface area contributed by atoms with Crippen molar-refractivity contribution in [3.63, 3.8) is 0 Å². The van der Waals surface area contributed by atoms with Gasteiger partial charge in [0.25, 0.3) is 0 Å². The van der Waals surface area contributed by atoms with Crippen molar-refractivity contribution < 1.29 is 4.79 Å². The number of rotatable bonds is 8. The van der Waals surface area contributed by atoms with Crippen LogP contribution in [-0.2, 0) is 4.79 Å². The summed E-state index contributed by atoms with van der Waals surface area (Å²) in [7, 11) is 0. The fraction of sp³-hybridized carbons (Fsp3) is 0.562. The van der Waals surface area contributed by atoms with Crippen LogP contribution in [0.2, 0.25) is 0 Å². The van der Waals surface area contributed by atoms with Crippen LogP contribution in [0, 0.1) is 5.92 Å². The van der Waals surface area contributed by atoms with E-state index in [4.69, 9.17) is 0 Å². The number of carbonyl (C=O) groups is 1. The topological polar surface area (TPSA) is 41.1 Å². The average molecular weight is 341 g/mol. The zero-order valence-electron chi connectivity index (χ0n) is 12.6. The maximum Gasteiger partial charge on any atom is 0.221 e. The van der Waals surface area contributed by atoms with E-state index in [0.717, 1.165) is 17.4 Å². The molecule has 3 nitrogen and oxygen atoms in total. The minimum absolute atomic E-state index is 0.121. The molecule has 0 saturated carbocycles. The molecule has 0 saturated heterocycles. The van der Waals surface area contributed by atoms with Crippen molar-refractivity contribution >= 4 is 21.8 Å². The fourth-order valence-corrected chi connectivity index (χ4v) is 2.40. The van der Waals surface area contributed by atoms with Crippen molar-refractivity contribution in [2.24, 2.45) is 5.92 Å². The maximum absolute atomic E-state index is 11.6. The molecule has 2 N–H and O–H groups in total. The Morgan fingerprint density at radius 1 is 1.35 bits per heavy atom. The second-order valence-corrected chi connectivity index (χ2v) is 6.33. The third-order valence-corrected chi connectivity index (χ3v) is 3.60. The van der Waals surface area contributed by atoms with Crippen LogP contribution in [0.5, 0.6) is 0 Å². The molecule has 1 aromatic carbocycles.